The van der Waals surface area contributed by atoms with Crippen molar-refractivity contribution in [3.63, 3.8) is 0 Å². The molecule has 2 unspecified atom stereocenters. The zero-order valence-corrected chi connectivity index (χ0v) is 14.0. The number of hydrogen-bond donors (Lipinski definition) is 3. The van der Waals surface area contributed by atoms with E-state index in [1.165, 1.54) is 13.0 Å². The number of anilines is 1. The topological polar surface area (TPSA) is 87.3 Å². The number of nitrogens with one attached hydrogen (secondary N) is 3. The Morgan fingerprint density at radius 3 is 2.73 bits per heavy atom. The van der Waals surface area contributed by atoms with Gasteiger partial charge >= 0.3 is 0 Å². The fourth-order valence-electron chi connectivity index (χ4n) is 2.55. The molecule has 1 heterocycles. The fourth-order valence-corrected chi connectivity index (χ4v) is 3.95. The maximum atomic E-state index is 12.6. The molecular formula is C15H23N3O3S. The average molecular weight is 325 g/mol. The molecule has 0 spiro atoms. The first kappa shape index (κ1) is 16.9. The fraction of sp³-hybridized carbons (Fsp3) is 0.533. The largest absolute Gasteiger partial charge is 0.326 e. The first-order valence-electron chi connectivity index (χ1n) is 7.41. The lowest BCUT2D eigenvalue weighted by atomic mass is 9.97. The van der Waals surface area contributed by atoms with Gasteiger partial charge in [-0.25, -0.2) is 13.1 Å². The van der Waals surface area contributed by atoms with Crippen molar-refractivity contribution in [1.29, 1.82) is 0 Å². The van der Waals surface area contributed by atoms with Crippen LogP contribution in [0.1, 0.15) is 25.8 Å². The Kier molecular flexibility index (Phi) is 5.20. The van der Waals surface area contributed by atoms with E-state index in [1.54, 1.807) is 12.1 Å². The Bertz CT molecular complexity index is 658. The van der Waals surface area contributed by atoms with Gasteiger partial charge in [-0.15, -0.1) is 0 Å². The number of amides is 1. The second-order valence-electron chi connectivity index (χ2n) is 5.86. The molecule has 1 aliphatic heterocycles. The molecule has 1 aromatic carbocycles. The van der Waals surface area contributed by atoms with Crippen LogP contribution in [0.25, 0.3) is 0 Å². The van der Waals surface area contributed by atoms with Crippen molar-refractivity contribution in [1.82, 2.24) is 10.0 Å². The van der Waals surface area contributed by atoms with Crippen LogP contribution in [0.2, 0.25) is 0 Å². The number of benzene rings is 1. The summed E-state index contributed by atoms with van der Waals surface area (Å²) in [6.07, 6.45) is 0.769. The summed E-state index contributed by atoms with van der Waals surface area (Å²) >= 11 is 0. The van der Waals surface area contributed by atoms with Gasteiger partial charge in [-0.05, 0) is 50.0 Å². The Morgan fingerprint density at radius 2 is 2.09 bits per heavy atom. The Labute approximate surface area is 131 Å². The molecule has 7 heteroatoms. The standard InChI is InChI=1S/C15H23N3O3S/c1-10-4-5-13(8-15(10)17-12(3)19)22(20,21)18-14-6-7-16-9-11(14)2/h4-5,8,11,14,16,18H,6-7,9H2,1-3H3,(H,17,19). The molecule has 22 heavy (non-hydrogen) atoms. The van der Waals surface area contributed by atoms with Crippen LogP contribution in [0, 0.1) is 12.8 Å². The minimum atomic E-state index is -3.60. The minimum Gasteiger partial charge on any atom is -0.326 e. The first-order chi connectivity index (χ1) is 10.3. The summed E-state index contributed by atoms with van der Waals surface area (Å²) < 4.78 is 27.9. The van der Waals surface area contributed by atoms with Gasteiger partial charge in [0.1, 0.15) is 0 Å². The second kappa shape index (κ2) is 6.76. The summed E-state index contributed by atoms with van der Waals surface area (Å²) in [5.74, 6) is 0.0152. The van der Waals surface area contributed by atoms with E-state index in [0.717, 1.165) is 25.1 Å². The molecule has 3 N–H and O–H groups in total. The van der Waals surface area contributed by atoms with Crippen molar-refractivity contribution >= 4 is 21.6 Å². The number of sulfonamides is 1. The zero-order valence-electron chi connectivity index (χ0n) is 13.1. The quantitative estimate of drug-likeness (QED) is 0.777. The third-order valence-corrected chi connectivity index (χ3v) is 5.41. The van der Waals surface area contributed by atoms with Crippen LogP contribution < -0.4 is 15.4 Å². The summed E-state index contributed by atoms with van der Waals surface area (Å²) in [4.78, 5) is 11.4. The molecule has 2 rings (SSSR count). The number of hydrogen-bond acceptors (Lipinski definition) is 4. The van der Waals surface area contributed by atoms with E-state index in [9.17, 15) is 13.2 Å². The van der Waals surface area contributed by atoms with Crippen molar-refractivity contribution in [3.8, 4) is 0 Å². The van der Waals surface area contributed by atoms with Crippen molar-refractivity contribution in [2.75, 3.05) is 18.4 Å². The Morgan fingerprint density at radius 1 is 1.36 bits per heavy atom. The molecule has 1 fully saturated rings. The van der Waals surface area contributed by atoms with Crippen LogP contribution in [0.3, 0.4) is 0 Å². The third-order valence-electron chi connectivity index (χ3n) is 3.92. The van der Waals surface area contributed by atoms with Gasteiger partial charge in [-0.2, -0.15) is 0 Å². The number of carbonyl (C=O) groups excluding carboxylic acids is 1. The highest BCUT2D eigenvalue weighted by atomic mass is 32.2. The van der Waals surface area contributed by atoms with E-state index >= 15 is 0 Å². The maximum absolute atomic E-state index is 12.6. The molecular weight excluding hydrogens is 302 g/mol. The van der Waals surface area contributed by atoms with Gasteiger partial charge in [0.15, 0.2) is 0 Å². The van der Waals surface area contributed by atoms with E-state index in [-0.39, 0.29) is 22.8 Å². The normalized spacial score (nSPS) is 22.3. The van der Waals surface area contributed by atoms with E-state index < -0.39 is 10.0 Å². The predicted molar refractivity (Wildman–Crippen MR) is 86.2 cm³/mol. The Hall–Kier alpha value is -1.44. The highest BCUT2D eigenvalue weighted by Crippen LogP contribution is 2.21. The smallest absolute Gasteiger partial charge is 0.240 e. The van der Waals surface area contributed by atoms with Crippen LogP contribution >= 0.6 is 0 Å². The zero-order chi connectivity index (χ0) is 16.3. The van der Waals surface area contributed by atoms with Gasteiger partial charge in [0.05, 0.1) is 4.90 Å². The molecule has 2 atom stereocenters. The van der Waals surface area contributed by atoms with Gasteiger partial charge in [0.2, 0.25) is 15.9 Å². The van der Waals surface area contributed by atoms with Crippen molar-refractivity contribution in [2.45, 2.75) is 38.1 Å². The van der Waals surface area contributed by atoms with Crippen LogP contribution in [0.5, 0.6) is 0 Å². The van der Waals surface area contributed by atoms with E-state index in [2.05, 4.69) is 15.4 Å². The van der Waals surface area contributed by atoms with Crippen molar-refractivity contribution < 1.29 is 13.2 Å². The monoisotopic (exact) mass is 325 g/mol. The molecule has 0 bridgehead atoms. The van der Waals surface area contributed by atoms with Gasteiger partial charge in [-0.3, -0.25) is 4.79 Å². The summed E-state index contributed by atoms with van der Waals surface area (Å²) in [5, 5.41) is 5.90. The van der Waals surface area contributed by atoms with E-state index in [1.807, 2.05) is 13.8 Å². The highest BCUT2D eigenvalue weighted by Gasteiger charge is 2.26. The number of carbonyl (C=O) groups is 1. The molecule has 0 radical (unpaired) electrons. The third kappa shape index (κ3) is 4.06. The molecule has 1 aliphatic rings. The summed E-state index contributed by atoms with van der Waals surface area (Å²) in [6, 6.07) is 4.70. The highest BCUT2D eigenvalue weighted by molar-refractivity contribution is 7.89. The van der Waals surface area contributed by atoms with Crippen molar-refractivity contribution in [3.05, 3.63) is 23.8 Å². The van der Waals surface area contributed by atoms with E-state index in [4.69, 9.17) is 0 Å². The van der Waals surface area contributed by atoms with Crippen LogP contribution in [-0.4, -0.2) is 33.5 Å². The lowest BCUT2D eigenvalue weighted by Crippen LogP contribution is -2.48. The first-order valence-corrected chi connectivity index (χ1v) is 8.89. The Balaban J connectivity index is 2.23. The second-order valence-corrected chi connectivity index (χ2v) is 7.57. The molecule has 1 saturated heterocycles. The SMILES string of the molecule is CC(=O)Nc1cc(S(=O)(=O)NC2CCNCC2C)ccc1C. The lowest BCUT2D eigenvalue weighted by molar-refractivity contribution is -0.114. The van der Waals surface area contributed by atoms with Crippen LogP contribution in [-0.2, 0) is 14.8 Å². The predicted octanol–water partition coefficient (Wildman–Crippen LogP) is 1.23. The summed E-state index contributed by atoms with van der Waals surface area (Å²) in [7, 11) is -3.60. The van der Waals surface area contributed by atoms with Crippen LogP contribution in [0.15, 0.2) is 23.1 Å². The summed E-state index contributed by atoms with van der Waals surface area (Å²) in [6.45, 7) is 6.86. The molecule has 0 aliphatic carbocycles. The number of rotatable bonds is 4. The number of piperidine rings is 1. The van der Waals surface area contributed by atoms with Gasteiger partial charge in [-0.1, -0.05) is 13.0 Å². The van der Waals surface area contributed by atoms with Crippen molar-refractivity contribution in [2.24, 2.45) is 5.92 Å². The van der Waals surface area contributed by atoms with E-state index in [0.29, 0.717) is 5.69 Å². The minimum absolute atomic E-state index is 0.0724. The molecule has 1 aromatic rings. The summed E-state index contributed by atoms with van der Waals surface area (Å²) in [5.41, 5.74) is 1.35. The molecule has 6 nitrogen and oxygen atoms in total. The maximum Gasteiger partial charge on any atom is 0.240 e. The lowest BCUT2D eigenvalue weighted by Gasteiger charge is -2.30. The molecule has 122 valence electrons. The van der Waals surface area contributed by atoms with Gasteiger partial charge in [0.25, 0.3) is 0 Å². The molecule has 0 saturated carbocycles. The molecule has 1 amide bonds. The van der Waals surface area contributed by atoms with Gasteiger partial charge < -0.3 is 10.6 Å². The number of aryl methyl sites for hydroxylation is 1. The average Bonchev–Trinajstić information content (AvgIpc) is 2.43. The van der Waals surface area contributed by atoms with Crippen LogP contribution in [0.4, 0.5) is 5.69 Å². The van der Waals surface area contributed by atoms with Gasteiger partial charge in [0, 0.05) is 18.7 Å². The molecule has 0 aromatic heterocycles.